The predicted molar refractivity (Wildman–Crippen MR) is 48.9 cm³/mol. The van der Waals surface area contributed by atoms with Crippen molar-refractivity contribution in [1.82, 2.24) is 10.2 Å². The highest BCUT2D eigenvalue weighted by molar-refractivity contribution is 5.78. The molecule has 13 heavy (non-hydrogen) atoms. The van der Waals surface area contributed by atoms with Crippen molar-refractivity contribution in [2.24, 2.45) is 0 Å². The summed E-state index contributed by atoms with van der Waals surface area (Å²) in [6.07, 6.45) is 1.65. The van der Waals surface area contributed by atoms with E-state index in [1.807, 2.05) is 0 Å². The molecule has 1 heterocycles. The summed E-state index contributed by atoms with van der Waals surface area (Å²) in [5, 5.41) is 7.49. The molecule has 0 spiro atoms. The molecule has 1 aromatic carbocycles. The molecule has 4 heteroatoms. The number of hydrogen-bond acceptors (Lipinski definition) is 3. The molecule has 0 fully saturated rings. The number of aromatic nitrogens is 2. The monoisotopic (exact) mass is 176 g/mol. The lowest BCUT2D eigenvalue weighted by Gasteiger charge is -1.90. The first-order valence-corrected chi connectivity index (χ1v) is 3.83. The fraction of sp³-hybridized carbons (Fsp3) is 0.111. The smallest absolute Gasteiger partial charge is 0.220 e. The zero-order valence-corrected chi connectivity index (χ0v) is 7.07. The van der Waals surface area contributed by atoms with E-state index >= 15 is 0 Å². The van der Waals surface area contributed by atoms with Crippen LogP contribution in [0.1, 0.15) is 0 Å². The zero-order valence-electron chi connectivity index (χ0n) is 7.07. The summed E-state index contributed by atoms with van der Waals surface area (Å²) in [4.78, 5) is 11.3. The third-order valence-corrected chi connectivity index (χ3v) is 1.85. The highest BCUT2D eigenvalue weighted by Crippen LogP contribution is 2.11. The minimum absolute atomic E-state index is 0.132. The van der Waals surface area contributed by atoms with Crippen molar-refractivity contribution in [2.45, 2.75) is 0 Å². The number of nitrogens with one attached hydrogen (secondary N) is 1. The largest absolute Gasteiger partial charge is 0.493 e. The van der Waals surface area contributed by atoms with Gasteiger partial charge in [-0.1, -0.05) is 0 Å². The van der Waals surface area contributed by atoms with Gasteiger partial charge in [-0.05, 0) is 18.2 Å². The maximum Gasteiger partial charge on any atom is 0.220 e. The van der Waals surface area contributed by atoms with Crippen molar-refractivity contribution in [3.63, 3.8) is 0 Å². The van der Waals surface area contributed by atoms with Gasteiger partial charge in [0.15, 0.2) is 5.75 Å². The van der Waals surface area contributed by atoms with E-state index in [0.717, 1.165) is 10.9 Å². The summed E-state index contributed by atoms with van der Waals surface area (Å²) < 4.78 is 4.93. The number of nitrogens with zero attached hydrogens (tertiary/aromatic N) is 1. The van der Waals surface area contributed by atoms with Crippen molar-refractivity contribution in [1.29, 1.82) is 0 Å². The van der Waals surface area contributed by atoms with E-state index in [1.165, 1.54) is 13.2 Å². The van der Waals surface area contributed by atoms with E-state index in [1.54, 1.807) is 18.3 Å². The first-order chi connectivity index (χ1) is 6.31. The maximum atomic E-state index is 11.3. The van der Waals surface area contributed by atoms with Gasteiger partial charge in [0.1, 0.15) is 0 Å². The average molecular weight is 176 g/mol. The van der Waals surface area contributed by atoms with Crippen molar-refractivity contribution < 1.29 is 4.74 Å². The molecule has 0 radical (unpaired) electrons. The van der Waals surface area contributed by atoms with Gasteiger partial charge in [-0.3, -0.25) is 9.89 Å². The maximum absolute atomic E-state index is 11.3. The molecule has 0 aliphatic rings. The van der Waals surface area contributed by atoms with Gasteiger partial charge in [-0.25, -0.2) is 0 Å². The molecule has 0 amide bonds. The summed E-state index contributed by atoms with van der Waals surface area (Å²) in [5.41, 5.74) is 0.688. The van der Waals surface area contributed by atoms with Gasteiger partial charge in [0.05, 0.1) is 18.8 Å². The Labute approximate surface area is 74.2 Å². The van der Waals surface area contributed by atoms with Crippen LogP contribution in [0, 0.1) is 0 Å². The number of ether oxygens (including phenoxy) is 1. The number of aromatic amines is 1. The zero-order chi connectivity index (χ0) is 9.26. The Kier molecular flexibility index (Phi) is 1.73. The third-order valence-electron chi connectivity index (χ3n) is 1.85. The van der Waals surface area contributed by atoms with Crippen LogP contribution in [0.5, 0.6) is 5.75 Å². The Morgan fingerprint density at radius 3 is 3.08 bits per heavy atom. The van der Waals surface area contributed by atoms with Crippen molar-refractivity contribution >= 4 is 10.9 Å². The molecule has 0 atom stereocenters. The summed E-state index contributed by atoms with van der Waals surface area (Å²) in [6.45, 7) is 0. The van der Waals surface area contributed by atoms with E-state index in [0.29, 0.717) is 5.75 Å². The second-order valence-corrected chi connectivity index (χ2v) is 2.65. The topological polar surface area (TPSA) is 55.0 Å². The van der Waals surface area contributed by atoms with Crippen LogP contribution >= 0.6 is 0 Å². The molecule has 0 aliphatic carbocycles. The molecule has 0 aliphatic heterocycles. The number of rotatable bonds is 1. The fourth-order valence-electron chi connectivity index (χ4n) is 1.17. The Morgan fingerprint density at radius 1 is 1.46 bits per heavy atom. The van der Waals surface area contributed by atoms with E-state index in [2.05, 4.69) is 10.2 Å². The molecule has 66 valence electrons. The first kappa shape index (κ1) is 7.79. The molecule has 1 aromatic heterocycles. The highest BCUT2D eigenvalue weighted by atomic mass is 16.5. The van der Waals surface area contributed by atoms with Crippen LogP contribution in [-0.2, 0) is 0 Å². The quantitative estimate of drug-likeness (QED) is 0.703. The lowest BCUT2D eigenvalue weighted by Crippen LogP contribution is -1.99. The highest BCUT2D eigenvalue weighted by Gasteiger charge is 1.99. The molecular formula is C9H8N2O2. The van der Waals surface area contributed by atoms with Gasteiger partial charge < -0.3 is 4.74 Å². The molecule has 0 saturated heterocycles. The van der Waals surface area contributed by atoms with Gasteiger partial charge in [-0.15, -0.1) is 0 Å². The second kappa shape index (κ2) is 2.90. The molecule has 1 N–H and O–H groups in total. The lowest BCUT2D eigenvalue weighted by atomic mass is 10.3. The molecule has 0 unspecified atom stereocenters. The number of methoxy groups -OCH3 is 1. The van der Waals surface area contributed by atoms with Crippen molar-refractivity contribution in [3.8, 4) is 5.75 Å². The minimum atomic E-state index is -0.132. The Hall–Kier alpha value is -1.84. The summed E-state index contributed by atoms with van der Waals surface area (Å²) in [5.74, 6) is 0.330. The molecular weight excluding hydrogens is 168 g/mol. The fourth-order valence-corrected chi connectivity index (χ4v) is 1.17. The van der Waals surface area contributed by atoms with Crippen LogP contribution in [0.3, 0.4) is 0 Å². The van der Waals surface area contributed by atoms with Crippen LogP contribution in [0.2, 0.25) is 0 Å². The van der Waals surface area contributed by atoms with Gasteiger partial charge in [0, 0.05) is 5.39 Å². The standard InChI is InChI=1S/C9H8N2O2/c1-13-9-4-6-5-10-11-7(6)2-3-8(9)12/h2-5H,1H3,(H,10,11). The number of fused-ring (bicyclic) bond motifs is 1. The Morgan fingerprint density at radius 2 is 2.31 bits per heavy atom. The second-order valence-electron chi connectivity index (χ2n) is 2.65. The van der Waals surface area contributed by atoms with Gasteiger partial charge >= 0.3 is 0 Å². The van der Waals surface area contributed by atoms with Crippen LogP contribution in [0.15, 0.2) is 29.2 Å². The number of H-pyrrole nitrogens is 1. The Balaban J connectivity index is 2.87. The number of hydrogen-bond donors (Lipinski definition) is 1. The summed E-state index contributed by atoms with van der Waals surface area (Å²) in [6, 6.07) is 4.81. The molecule has 2 rings (SSSR count). The molecule has 2 aromatic rings. The average Bonchev–Trinajstić information content (AvgIpc) is 2.52. The lowest BCUT2D eigenvalue weighted by molar-refractivity contribution is 0.412. The molecule has 0 saturated carbocycles. The minimum Gasteiger partial charge on any atom is -0.493 e. The van der Waals surface area contributed by atoms with E-state index in [-0.39, 0.29) is 5.43 Å². The van der Waals surface area contributed by atoms with Crippen LogP contribution in [-0.4, -0.2) is 17.3 Å². The third kappa shape index (κ3) is 1.26. The van der Waals surface area contributed by atoms with Crippen LogP contribution in [0.4, 0.5) is 0 Å². The SMILES string of the molecule is COc1cc2cn[nH]c2ccc1=O. The normalized spacial score (nSPS) is 10.2. The van der Waals surface area contributed by atoms with Crippen molar-refractivity contribution in [2.75, 3.05) is 7.11 Å². The van der Waals surface area contributed by atoms with Crippen LogP contribution < -0.4 is 10.2 Å². The van der Waals surface area contributed by atoms with Gasteiger partial charge in [-0.2, -0.15) is 5.10 Å². The van der Waals surface area contributed by atoms with E-state index in [9.17, 15) is 4.79 Å². The molecule has 0 bridgehead atoms. The molecule has 4 nitrogen and oxygen atoms in total. The van der Waals surface area contributed by atoms with Crippen LogP contribution in [0.25, 0.3) is 10.9 Å². The van der Waals surface area contributed by atoms with Crippen molar-refractivity contribution in [3.05, 3.63) is 34.6 Å². The predicted octanol–water partition coefficient (Wildman–Crippen LogP) is 0.932. The first-order valence-electron chi connectivity index (χ1n) is 3.83. The van der Waals surface area contributed by atoms with E-state index in [4.69, 9.17) is 4.74 Å². The summed E-state index contributed by atoms with van der Waals surface area (Å²) >= 11 is 0. The van der Waals surface area contributed by atoms with E-state index < -0.39 is 0 Å². The Bertz CT molecular complexity index is 490. The van der Waals surface area contributed by atoms with Gasteiger partial charge in [0.25, 0.3) is 0 Å². The van der Waals surface area contributed by atoms with Gasteiger partial charge in [0.2, 0.25) is 5.43 Å². The summed E-state index contributed by atoms with van der Waals surface area (Å²) in [7, 11) is 1.47.